The van der Waals surface area contributed by atoms with Gasteiger partial charge in [-0.15, -0.1) is 0 Å². The molecule has 0 amide bonds. The monoisotopic (exact) mass is 155 g/mol. The van der Waals surface area contributed by atoms with Gasteiger partial charge in [-0.2, -0.15) is 0 Å². The normalized spacial score (nSPS) is 33.5. The standard InChI is InChI=1S/C10H21N/c1-8(2)5-11-6-9(3)10(4)7-11/h8-10H,5-7H2,1-4H3/t9-,10-/m1/s1. The van der Waals surface area contributed by atoms with E-state index in [4.69, 9.17) is 0 Å². The highest BCUT2D eigenvalue weighted by Gasteiger charge is 2.25. The molecule has 1 heteroatoms. The second-order valence-corrected chi connectivity index (χ2v) is 4.57. The Morgan fingerprint density at radius 2 is 1.64 bits per heavy atom. The lowest BCUT2D eigenvalue weighted by atomic mass is 10.0. The van der Waals surface area contributed by atoms with Gasteiger partial charge in [-0.3, -0.25) is 0 Å². The van der Waals surface area contributed by atoms with Crippen LogP contribution in [0.4, 0.5) is 0 Å². The summed E-state index contributed by atoms with van der Waals surface area (Å²) in [7, 11) is 0. The van der Waals surface area contributed by atoms with Crippen molar-refractivity contribution in [2.45, 2.75) is 27.7 Å². The largest absolute Gasteiger partial charge is 0.303 e. The number of hydrogen-bond donors (Lipinski definition) is 0. The average Bonchev–Trinajstić information content (AvgIpc) is 2.10. The van der Waals surface area contributed by atoms with Crippen LogP contribution in [0.3, 0.4) is 0 Å². The van der Waals surface area contributed by atoms with Crippen molar-refractivity contribution in [2.24, 2.45) is 17.8 Å². The lowest BCUT2D eigenvalue weighted by Gasteiger charge is -2.17. The molecule has 1 fully saturated rings. The molecular formula is C10H21N. The molecule has 1 aliphatic rings. The molecule has 1 nitrogen and oxygen atoms in total. The van der Waals surface area contributed by atoms with Crippen molar-refractivity contribution >= 4 is 0 Å². The Hall–Kier alpha value is -0.0400. The van der Waals surface area contributed by atoms with Crippen LogP contribution in [-0.2, 0) is 0 Å². The summed E-state index contributed by atoms with van der Waals surface area (Å²) < 4.78 is 0. The van der Waals surface area contributed by atoms with Gasteiger partial charge in [0.15, 0.2) is 0 Å². The molecule has 2 atom stereocenters. The van der Waals surface area contributed by atoms with Gasteiger partial charge in [0.25, 0.3) is 0 Å². The van der Waals surface area contributed by atoms with E-state index < -0.39 is 0 Å². The summed E-state index contributed by atoms with van der Waals surface area (Å²) in [6, 6.07) is 0. The third-order valence-electron chi connectivity index (χ3n) is 2.69. The molecule has 0 saturated carbocycles. The minimum absolute atomic E-state index is 0.826. The molecule has 1 rings (SSSR count). The molecule has 66 valence electrons. The fourth-order valence-corrected chi connectivity index (χ4v) is 1.91. The van der Waals surface area contributed by atoms with E-state index in [1.54, 1.807) is 0 Å². The van der Waals surface area contributed by atoms with Crippen LogP contribution in [0.1, 0.15) is 27.7 Å². The van der Waals surface area contributed by atoms with Gasteiger partial charge in [-0.1, -0.05) is 27.7 Å². The summed E-state index contributed by atoms with van der Waals surface area (Å²) in [5.74, 6) is 2.65. The molecule has 0 radical (unpaired) electrons. The van der Waals surface area contributed by atoms with Gasteiger partial charge >= 0.3 is 0 Å². The van der Waals surface area contributed by atoms with E-state index >= 15 is 0 Å². The summed E-state index contributed by atoms with van der Waals surface area (Å²) in [4.78, 5) is 2.60. The van der Waals surface area contributed by atoms with E-state index in [9.17, 15) is 0 Å². The molecule has 11 heavy (non-hydrogen) atoms. The fourth-order valence-electron chi connectivity index (χ4n) is 1.91. The first-order valence-corrected chi connectivity index (χ1v) is 4.82. The molecule has 0 aromatic carbocycles. The molecule has 1 aliphatic heterocycles. The molecule has 1 saturated heterocycles. The van der Waals surface area contributed by atoms with Crippen LogP contribution in [0, 0.1) is 17.8 Å². The van der Waals surface area contributed by atoms with Crippen LogP contribution in [-0.4, -0.2) is 24.5 Å². The summed E-state index contributed by atoms with van der Waals surface area (Å²) in [6.45, 7) is 13.3. The highest BCUT2D eigenvalue weighted by Crippen LogP contribution is 2.22. The first-order chi connectivity index (χ1) is 5.09. The fraction of sp³-hybridized carbons (Fsp3) is 1.00. The topological polar surface area (TPSA) is 3.24 Å². The van der Waals surface area contributed by atoms with Crippen molar-refractivity contribution in [3.63, 3.8) is 0 Å². The summed E-state index contributed by atoms with van der Waals surface area (Å²) >= 11 is 0. The molecule has 1 heterocycles. The van der Waals surface area contributed by atoms with Gasteiger partial charge in [-0.05, 0) is 17.8 Å². The van der Waals surface area contributed by atoms with Crippen molar-refractivity contribution in [1.82, 2.24) is 4.90 Å². The average molecular weight is 155 g/mol. The maximum Gasteiger partial charge on any atom is 0.00103 e. The zero-order valence-corrected chi connectivity index (χ0v) is 8.30. The van der Waals surface area contributed by atoms with E-state index in [1.165, 1.54) is 19.6 Å². The zero-order valence-electron chi connectivity index (χ0n) is 8.30. The van der Waals surface area contributed by atoms with E-state index in [0.717, 1.165) is 17.8 Å². The van der Waals surface area contributed by atoms with E-state index in [-0.39, 0.29) is 0 Å². The van der Waals surface area contributed by atoms with Crippen LogP contribution in [0.5, 0.6) is 0 Å². The molecule has 0 aliphatic carbocycles. The quantitative estimate of drug-likeness (QED) is 0.591. The van der Waals surface area contributed by atoms with E-state index in [2.05, 4.69) is 32.6 Å². The first kappa shape index (κ1) is 9.05. The van der Waals surface area contributed by atoms with Crippen molar-refractivity contribution in [3.05, 3.63) is 0 Å². The van der Waals surface area contributed by atoms with Crippen molar-refractivity contribution in [3.8, 4) is 0 Å². The lowest BCUT2D eigenvalue weighted by Crippen LogP contribution is -2.25. The number of nitrogens with zero attached hydrogens (tertiary/aromatic N) is 1. The van der Waals surface area contributed by atoms with Crippen LogP contribution < -0.4 is 0 Å². The van der Waals surface area contributed by atoms with Crippen molar-refractivity contribution < 1.29 is 0 Å². The Kier molecular flexibility index (Phi) is 2.94. The number of rotatable bonds is 2. The minimum atomic E-state index is 0.826. The van der Waals surface area contributed by atoms with Crippen LogP contribution >= 0.6 is 0 Å². The van der Waals surface area contributed by atoms with Crippen LogP contribution in [0.15, 0.2) is 0 Å². The first-order valence-electron chi connectivity index (χ1n) is 4.82. The highest BCUT2D eigenvalue weighted by molar-refractivity contribution is 4.78. The molecule has 0 bridgehead atoms. The SMILES string of the molecule is CC(C)CN1C[C@@H](C)[C@H](C)C1. The third-order valence-corrected chi connectivity index (χ3v) is 2.69. The van der Waals surface area contributed by atoms with Crippen LogP contribution in [0.2, 0.25) is 0 Å². The van der Waals surface area contributed by atoms with Crippen molar-refractivity contribution in [1.29, 1.82) is 0 Å². The summed E-state index contributed by atoms with van der Waals surface area (Å²) in [5.41, 5.74) is 0. The Labute approximate surface area is 70.8 Å². The Morgan fingerprint density at radius 3 is 2.00 bits per heavy atom. The van der Waals surface area contributed by atoms with E-state index in [0.29, 0.717) is 0 Å². The second kappa shape index (κ2) is 3.57. The second-order valence-electron chi connectivity index (χ2n) is 4.57. The Balaban J connectivity index is 2.29. The number of likely N-dealkylation sites (tertiary alicyclic amines) is 1. The lowest BCUT2D eigenvalue weighted by molar-refractivity contribution is 0.286. The zero-order chi connectivity index (χ0) is 8.43. The Bertz CT molecular complexity index is 107. The van der Waals surface area contributed by atoms with E-state index in [1.807, 2.05) is 0 Å². The Morgan fingerprint density at radius 1 is 1.18 bits per heavy atom. The molecule has 0 N–H and O–H groups in total. The van der Waals surface area contributed by atoms with Gasteiger partial charge in [0.05, 0.1) is 0 Å². The van der Waals surface area contributed by atoms with Gasteiger partial charge in [0.2, 0.25) is 0 Å². The van der Waals surface area contributed by atoms with Gasteiger partial charge in [0, 0.05) is 19.6 Å². The predicted octanol–water partition coefficient (Wildman–Crippen LogP) is 2.23. The highest BCUT2D eigenvalue weighted by atomic mass is 15.1. The van der Waals surface area contributed by atoms with Gasteiger partial charge in [0.1, 0.15) is 0 Å². The molecule has 0 aromatic heterocycles. The third kappa shape index (κ3) is 2.48. The maximum absolute atomic E-state index is 2.60. The number of hydrogen-bond acceptors (Lipinski definition) is 1. The van der Waals surface area contributed by atoms with Crippen LogP contribution in [0.25, 0.3) is 0 Å². The van der Waals surface area contributed by atoms with Crippen molar-refractivity contribution in [2.75, 3.05) is 19.6 Å². The van der Waals surface area contributed by atoms with Gasteiger partial charge in [-0.25, -0.2) is 0 Å². The molecular weight excluding hydrogens is 134 g/mol. The molecule has 0 aromatic rings. The van der Waals surface area contributed by atoms with Gasteiger partial charge < -0.3 is 4.90 Å². The summed E-state index contributed by atoms with van der Waals surface area (Å²) in [6.07, 6.45) is 0. The minimum Gasteiger partial charge on any atom is -0.303 e. The maximum atomic E-state index is 2.60. The smallest absolute Gasteiger partial charge is 0.00103 e. The summed E-state index contributed by atoms with van der Waals surface area (Å²) in [5, 5.41) is 0. The predicted molar refractivity (Wildman–Crippen MR) is 49.6 cm³/mol. The molecule has 0 unspecified atom stereocenters. The molecule has 0 spiro atoms.